The van der Waals surface area contributed by atoms with Gasteiger partial charge in [0.05, 0.1) is 11.0 Å². The molecule has 0 radical (unpaired) electrons. The molecule has 0 aliphatic heterocycles. The van der Waals surface area contributed by atoms with Gasteiger partial charge >= 0.3 is 5.97 Å². The summed E-state index contributed by atoms with van der Waals surface area (Å²) in [6.07, 6.45) is 0.207. The van der Waals surface area contributed by atoms with Gasteiger partial charge in [-0.3, -0.25) is 14.9 Å². The first kappa shape index (κ1) is 11.0. The second kappa shape index (κ2) is 4.41. The molecule has 2 N–H and O–H groups in total. The van der Waals surface area contributed by atoms with Crippen LogP contribution in [0, 0.1) is 10.1 Å². The van der Waals surface area contributed by atoms with Crippen molar-refractivity contribution in [3.63, 3.8) is 0 Å². The molecule has 0 atom stereocenters. The molecule has 0 aliphatic carbocycles. The first-order valence-electron chi connectivity index (χ1n) is 4.29. The number of ether oxygens (including phenoxy) is 1. The monoisotopic (exact) mass is 210 g/mol. The van der Waals surface area contributed by atoms with E-state index in [4.69, 9.17) is 10.5 Å². The Bertz CT molecular complexity index is 403. The third-order valence-electron chi connectivity index (χ3n) is 1.72. The van der Waals surface area contributed by atoms with Crippen LogP contribution in [-0.2, 0) is 4.79 Å². The molecule has 15 heavy (non-hydrogen) atoms. The number of nitrogens with zero attached hydrogens (tertiary/aromatic N) is 1. The zero-order valence-electron chi connectivity index (χ0n) is 8.10. The van der Waals surface area contributed by atoms with E-state index in [0.29, 0.717) is 0 Å². The fraction of sp³-hybridized carbons (Fsp3) is 0.222. The van der Waals surface area contributed by atoms with E-state index in [1.807, 2.05) is 0 Å². The maximum atomic E-state index is 10.9. The molecule has 1 aromatic rings. The summed E-state index contributed by atoms with van der Waals surface area (Å²) >= 11 is 0. The maximum Gasteiger partial charge on any atom is 0.310 e. The van der Waals surface area contributed by atoms with Crippen LogP contribution < -0.4 is 10.5 Å². The van der Waals surface area contributed by atoms with Gasteiger partial charge in [0.1, 0.15) is 11.4 Å². The van der Waals surface area contributed by atoms with E-state index in [9.17, 15) is 14.9 Å². The average molecular weight is 210 g/mol. The number of carbonyl (C=O) groups is 1. The molecule has 0 unspecified atom stereocenters. The second-order valence-electron chi connectivity index (χ2n) is 2.81. The second-order valence-corrected chi connectivity index (χ2v) is 2.81. The number of carbonyl (C=O) groups excluding carboxylic acids is 1. The first-order valence-corrected chi connectivity index (χ1v) is 4.29. The van der Waals surface area contributed by atoms with Gasteiger partial charge in [-0.05, 0) is 12.1 Å². The Kier molecular flexibility index (Phi) is 3.22. The highest BCUT2D eigenvalue weighted by molar-refractivity contribution is 5.73. The van der Waals surface area contributed by atoms with E-state index in [1.165, 1.54) is 12.1 Å². The van der Waals surface area contributed by atoms with E-state index >= 15 is 0 Å². The Morgan fingerprint density at radius 3 is 2.80 bits per heavy atom. The molecule has 0 heterocycles. The molecule has 6 heteroatoms. The van der Waals surface area contributed by atoms with Gasteiger partial charge in [-0.2, -0.15) is 0 Å². The standard InChI is InChI=1S/C9H10N2O4/c1-2-9(12)15-6-3-4-7(10)8(5-6)11(13)14/h3-5H,2,10H2,1H3. The van der Waals surface area contributed by atoms with Crippen molar-refractivity contribution in [1.29, 1.82) is 0 Å². The van der Waals surface area contributed by atoms with Crippen LogP contribution in [-0.4, -0.2) is 10.9 Å². The van der Waals surface area contributed by atoms with Crippen molar-refractivity contribution in [2.45, 2.75) is 13.3 Å². The smallest absolute Gasteiger partial charge is 0.310 e. The quantitative estimate of drug-likeness (QED) is 0.268. The van der Waals surface area contributed by atoms with Gasteiger partial charge in [-0.1, -0.05) is 6.92 Å². The zero-order valence-corrected chi connectivity index (χ0v) is 8.10. The van der Waals surface area contributed by atoms with Crippen LogP contribution in [0.1, 0.15) is 13.3 Å². The molecule has 0 spiro atoms. The van der Waals surface area contributed by atoms with E-state index in [0.717, 1.165) is 6.07 Å². The fourth-order valence-electron chi connectivity index (χ4n) is 0.949. The number of hydrogen-bond donors (Lipinski definition) is 1. The van der Waals surface area contributed by atoms with Gasteiger partial charge in [0.15, 0.2) is 0 Å². The van der Waals surface area contributed by atoms with E-state index < -0.39 is 10.9 Å². The number of nitro groups is 1. The molecule has 0 bridgehead atoms. The zero-order chi connectivity index (χ0) is 11.4. The fourth-order valence-corrected chi connectivity index (χ4v) is 0.949. The van der Waals surface area contributed by atoms with Crippen molar-refractivity contribution in [3.8, 4) is 5.75 Å². The molecule has 6 nitrogen and oxygen atoms in total. The summed E-state index contributed by atoms with van der Waals surface area (Å²) in [6.45, 7) is 1.63. The topological polar surface area (TPSA) is 95.5 Å². The average Bonchev–Trinajstić information content (AvgIpc) is 2.20. The predicted molar refractivity (Wildman–Crippen MR) is 53.4 cm³/mol. The molecule has 0 fully saturated rings. The summed E-state index contributed by atoms with van der Waals surface area (Å²) in [5.41, 5.74) is 5.14. The maximum absolute atomic E-state index is 10.9. The molecule has 0 aliphatic rings. The Balaban J connectivity index is 2.97. The highest BCUT2D eigenvalue weighted by Gasteiger charge is 2.13. The number of nitrogens with two attached hydrogens (primary N) is 1. The minimum absolute atomic E-state index is 0.0382. The van der Waals surface area contributed by atoms with Crippen molar-refractivity contribution >= 4 is 17.3 Å². The van der Waals surface area contributed by atoms with E-state index in [1.54, 1.807) is 6.92 Å². The number of nitro benzene ring substituents is 1. The van der Waals surface area contributed by atoms with Gasteiger partial charge in [-0.15, -0.1) is 0 Å². The minimum atomic E-state index is -0.626. The lowest BCUT2D eigenvalue weighted by atomic mass is 10.2. The first-order chi connectivity index (χ1) is 7.04. The largest absolute Gasteiger partial charge is 0.426 e. The molecular formula is C9H10N2O4. The lowest BCUT2D eigenvalue weighted by Crippen LogP contribution is -2.06. The van der Waals surface area contributed by atoms with Crippen LogP contribution in [0.25, 0.3) is 0 Å². The molecule has 0 saturated carbocycles. The van der Waals surface area contributed by atoms with Crippen molar-refractivity contribution in [2.24, 2.45) is 0 Å². The third kappa shape index (κ3) is 2.67. The normalized spacial score (nSPS) is 9.67. The summed E-state index contributed by atoms with van der Waals surface area (Å²) in [6, 6.07) is 3.87. The molecule has 1 aromatic carbocycles. The molecular weight excluding hydrogens is 200 g/mol. The Morgan fingerprint density at radius 2 is 2.27 bits per heavy atom. The lowest BCUT2D eigenvalue weighted by molar-refractivity contribution is -0.383. The van der Waals surface area contributed by atoms with Crippen LogP contribution >= 0.6 is 0 Å². The SMILES string of the molecule is CCC(=O)Oc1ccc(N)c([N+](=O)[O-])c1. The summed E-state index contributed by atoms with van der Waals surface area (Å²) < 4.78 is 4.81. The van der Waals surface area contributed by atoms with Gasteiger partial charge in [-0.25, -0.2) is 0 Å². The minimum Gasteiger partial charge on any atom is -0.426 e. The molecule has 80 valence electrons. The van der Waals surface area contributed by atoms with Crippen molar-refractivity contribution in [2.75, 3.05) is 5.73 Å². The van der Waals surface area contributed by atoms with Crippen molar-refractivity contribution < 1.29 is 14.5 Å². The molecule has 0 aromatic heterocycles. The van der Waals surface area contributed by atoms with Gasteiger partial charge in [0.2, 0.25) is 0 Å². The van der Waals surface area contributed by atoms with Crippen molar-refractivity contribution in [1.82, 2.24) is 0 Å². The Hall–Kier alpha value is -2.11. The molecule has 0 saturated heterocycles. The number of rotatable bonds is 3. The molecule has 0 amide bonds. The van der Waals surface area contributed by atoms with Crippen LogP contribution in [0.5, 0.6) is 5.75 Å². The predicted octanol–water partition coefficient (Wildman–Crippen LogP) is 1.49. The summed E-state index contributed by atoms with van der Waals surface area (Å²) in [5, 5.41) is 10.5. The molecule has 1 rings (SSSR count). The Morgan fingerprint density at radius 1 is 1.60 bits per heavy atom. The number of anilines is 1. The lowest BCUT2D eigenvalue weighted by Gasteiger charge is -2.03. The van der Waals surface area contributed by atoms with E-state index in [-0.39, 0.29) is 23.5 Å². The summed E-state index contributed by atoms with van der Waals surface area (Å²) in [7, 11) is 0. The summed E-state index contributed by atoms with van der Waals surface area (Å²) in [4.78, 5) is 20.8. The number of hydrogen-bond acceptors (Lipinski definition) is 5. The van der Waals surface area contributed by atoms with Crippen LogP contribution in [0.15, 0.2) is 18.2 Å². The van der Waals surface area contributed by atoms with Gasteiger partial charge in [0, 0.05) is 6.42 Å². The number of esters is 1. The highest BCUT2D eigenvalue weighted by Crippen LogP contribution is 2.26. The third-order valence-corrected chi connectivity index (χ3v) is 1.72. The van der Waals surface area contributed by atoms with Crippen LogP contribution in [0.3, 0.4) is 0 Å². The highest BCUT2D eigenvalue weighted by atomic mass is 16.6. The van der Waals surface area contributed by atoms with Gasteiger partial charge < -0.3 is 10.5 Å². The van der Waals surface area contributed by atoms with Crippen LogP contribution in [0.2, 0.25) is 0 Å². The Labute approximate surface area is 85.8 Å². The summed E-state index contributed by atoms with van der Waals surface area (Å²) in [5.74, 6) is -0.322. The van der Waals surface area contributed by atoms with E-state index in [2.05, 4.69) is 0 Å². The van der Waals surface area contributed by atoms with Gasteiger partial charge in [0.25, 0.3) is 5.69 Å². The number of nitrogen functional groups attached to an aromatic ring is 1. The van der Waals surface area contributed by atoms with Crippen molar-refractivity contribution in [3.05, 3.63) is 28.3 Å². The van der Waals surface area contributed by atoms with Crippen LogP contribution in [0.4, 0.5) is 11.4 Å². The number of benzene rings is 1.